The van der Waals surface area contributed by atoms with E-state index < -0.39 is 23.9 Å². The van der Waals surface area contributed by atoms with Crippen LogP contribution in [0.15, 0.2) is 12.1 Å². The minimum Gasteiger partial charge on any atom is -0.365 e. The molecule has 1 amide bonds. The number of primary amides is 1. The summed E-state index contributed by atoms with van der Waals surface area (Å²) in [6.07, 6.45) is -5.43. The molecule has 0 aliphatic carbocycles. The van der Waals surface area contributed by atoms with Gasteiger partial charge in [-0.15, -0.1) is 0 Å². The molecule has 2 heterocycles. The molecule has 1 aliphatic rings. The summed E-state index contributed by atoms with van der Waals surface area (Å²) >= 11 is 0. The summed E-state index contributed by atoms with van der Waals surface area (Å²) in [7, 11) is 0. The maximum atomic E-state index is 12.7. The number of carbonyl (C=O) groups is 1. The molecule has 1 aromatic rings. The van der Waals surface area contributed by atoms with Crippen molar-refractivity contribution in [1.29, 1.82) is 5.26 Å². The average molecular weight is 300 g/mol. The fourth-order valence-corrected chi connectivity index (χ4v) is 1.96. The molecule has 0 spiro atoms. The summed E-state index contributed by atoms with van der Waals surface area (Å²) in [4.78, 5) is 16.2. The number of hydrogen-bond acceptors (Lipinski definition) is 5. The molecule has 2 N–H and O–H groups in total. The summed E-state index contributed by atoms with van der Waals surface area (Å²) in [6, 6.07) is 3.56. The molecular formula is C12H11F3N4O2. The molecule has 1 fully saturated rings. The van der Waals surface area contributed by atoms with Gasteiger partial charge < -0.3 is 15.4 Å². The lowest BCUT2D eigenvalue weighted by Crippen LogP contribution is -2.43. The number of aromatic nitrogens is 1. The van der Waals surface area contributed by atoms with E-state index in [0.29, 0.717) is 6.07 Å². The zero-order valence-corrected chi connectivity index (χ0v) is 10.7. The highest BCUT2D eigenvalue weighted by Crippen LogP contribution is 2.31. The van der Waals surface area contributed by atoms with Gasteiger partial charge in [0.1, 0.15) is 11.5 Å². The van der Waals surface area contributed by atoms with Gasteiger partial charge in [-0.05, 0) is 12.1 Å². The number of nitrogens with two attached hydrogens (primary N) is 1. The molecule has 0 bridgehead atoms. The molecule has 0 saturated carbocycles. The Balaban J connectivity index is 2.44. The molecule has 1 atom stereocenters. The van der Waals surface area contributed by atoms with Crippen molar-refractivity contribution >= 4 is 11.7 Å². The minimum absolute atomic E-state index is 0.0189. The van der Waals surface area contributed by atoms with Gasteiger partial charge >= 0.3 is 6.18 Å². The fraction of sp³-hybridized carbons (Fsp3) is 0.417. The number of hydrogen-bond donors (Lipinski definition) is 1. The molecule has 1 saturated heterocycles. The van der Waals surface area contributed by atoms with Crippen LogP contribution in [0.5, 0.6) is 0 Å². The second kappa shape index (κ2) is 5.57. The molecule has 2 rings (SSSR count). The normalized spacial score (nSPS) is 19.1. The van der Waals surface area contributed by atoms with Crippen LogP contribution in [-0.2, 0) is 10.9 Å². The number of morpholine rings is 1. The van der Waals surface area contributed by atoms with Gasteiger partial charge in [0.2, 0.25) is 0 Å². The average Bonchev–Trinajstić information content (AvgIpc) is 2.45. The third-order valence-corrected chi connectivity index (χ3v) is 2.94. The van der Waals surface area contributed by atoms with Crippen LogP contribution in [-0.4, -0.2) is 36.7 Å². The van der Waals surface area contributed by atoms with E-state index >= 15 is 0 Å². The van der Waals surface area contributed by atoms with Crippen LogP contribution >= 0.6 is 0 Å². The molecule has 9 heteroatoms. The van der Waals surface area contributed by atoms with Crippen LogP contribution in [0.4, 0.5) is 19.0 Å². The van der Waals surface area contributed by atoms with Gasteiger partial charge in [0.05, 0.1) is 24.8 Å². The third kappa shape index (κ3) is 3.22. The highest BCUT2D eigenvalue weighted by atomic mass is 19.4. The first-order valence-electron chi connectivity index (χ1n) is 5.97. The van der Waals surface area contributed by atoms with Crippen molar-refractivity contribution in [2.75, 3.05) is 24.6 Å². The van der Waals surface area contributed by atoms with Crippen molar-refractivity contribution in [3.05, 3.63) is 23.4 Å². The highest BCUT2D eigenvalue weighted by molar-refractivity contribution is 5.97. The Morgan fingerprint density at radius 1 is 1.52 bits per heavy atom. The number of amides is 1. The van der Waals surface area contributed by atoms with E-state index in [1.54, 1.807) is 0 Å². The predicted octanol–water partition coefficient (Wildman–Crippen LogP) is 0.928. The van der Waals surface area contributed by atoms with E-state index in [1.807, 2.05) is 6.07 Å². The summed E-state index contributed by atoms with van der Waals surface area (Å²) < 4.78 is 43.3. The van der Waals surface area contributed by atoms with Crippen molar-refractivity contribution in [3.8, 4) is 6.07 Å². The number of carbonyl (C=O) groups excluding carboxylic acids is 1. The molecule has 6 nitrogen and oxygen atoms in total. The van der Waals surface area contributed by atoms with Gasteiger partial charge in [-0.3, -0.25) is 4.79 Å². The maximum absolute atomic E-state index is 12.7. The molecule has 0 radical (unpaired) electrons. The Morgan fingerprint density at radius 2 is 2.24 bits per heavy atom. The molecular weight excluding hydrogens is 289 g/mol. The smallest absolute Gasteiger partial charge is 0.365 e. The van der Waals surface area contributed by atoms with Crippen LogP contribution in [0.1, 0.15) is 16.1 Å². The maximum Gasteiger partial charge on any atom is 0.433 e. The quantitative estimate of drug-likeness (QED) is 0.877. The van der Waals surface area contributed by atoms with Crippen molar-refractivity contribution < 1.29 is 22.7 Å². The van der Waals surface area contributed by atoms with E-state index in [-0.39, 0.29) is 31.1 Å². The van der Waals surface area contributed by atoms with Crippen molar-refractivity contribution in [2.45, 2.75) is 12.3 Å². The number of halogens is 3. The first-order chi connectivity index (χ1) is 9.82. The second-order valence-corrected chi connectivity index (χ2v) is 4.36. The van der Waals surface area contributed by atoms with Gasteiger partial charge in [-0.1, -0.05) is 0 Å². The lowest BCUT2D eigenvalue weighted by Gasteiger charge is -2.31. The Labute approximate surface area is 117 Å². The van der Waals surface area contributed by atoms with Crippen molar-refractivity contribution in [3.63, 3.8) is 0 Å². The number of nitrogens with zero attached hydrogens (tertiary/aromatic N) is 3. The second-order valence-electron chi connectivity index (χ2n) is 4.36. The summed E-state index contributed by atoms with van der Waals surface area (Å²) in [5.74, 6) is -1.06. The topological polar surface area (TPSA) is 92.2 Å². The van der Waals surface area contributed by atoms with Crippen LogP contribution < -0.4 is 10.6 Å². The van der Waals surface area contributed by atoms with Crippen LogP contribution in [0.25, 0.3) is 0 Å². The van der Waals surface area contributed by atoms with E-state index in [4.69, 9.17) is 15.7 Å². The molecule has 1 aromatic heterocycles. The number of anilines is 1. The van der Waals surface area contributed by atoms with Crippen LogP contribution in [0.2, 0.25) is 0 Å². The number of pyridine rings is 1. The van der Waals surface area contributed by atoms with Crippen LogP contribution in [0, 0.1) is 11.3 Å². The zero-order chi connectivity index (χ0) is 15.6. The standard InChI is InChI=1S/C12H11F3N4O2/c13-12(14,15)9-2-1-8(10(17)20)11(18-9)19-3-4-21-7(5-16)6-19/h1-2,7H,3-4,6H2,(H2,17,20). The SMILES string of the molecule is N#CC1CN(c2nc(C(F)(F)F)ccc2C(N)=O)CCO1. The number of alkyl halides is 3. The monoisotopic (exact) mass is 300 g/mol. The zero-order valence-electron chi connectivity index (χ0n) is 10.7. The Bertz CT molecular complexity index is 597. The van der Waals surface area contributed by atoms with Gasteiger partial charge in [0.25, 0.3) is 5.91 Å². The first-order valence-corrected chi connectivity index (χ1v) is 5.97. The minimum atomic E-state index is -4.63. The van der Waals surface area contributed by atoms with E-state index in [0.717, 1.165) is 6.07 Å². The molecule has 112 valence electrons. The lowest BCUT2D eigenvalue weighted by atomic mass is 10.2. The fourth-order valence-electron chi connectivity index (χ4n) is 1.96. The Hall–Kier alpha value is -2.34. The van der Waals surface area contributed by atoms with E-state index in [9.17, 15) is 18.0 Å². The van der Waals surface area contributed by atoms with Crippen LogP contribution in [0.3, 0.4) is 0 Å². The third-order valence-electron chi connectivity index (χ3n) is 2.94. The summed E-state index contributed by atoms with van der Waals surface area (Å²) in [6.45, 7) is 0.381. The molecule has 21 heavy (non-hydrogen) atoms. The Kier molecular flexibility index (Phi) is 3.99. The van der Waals surface area contributed by atoms with Crippen molar-refractivity contribution in [2.24, 2.45) is 5.73 Å². The Morgan fingerprint density at radius 3 is 2.81 bits per heavy atom. The highest BCUT2D eigenvalue weighted by Gasteiger charge is 2.34. The molecule has 1 aliphatic heterocycles. The van der Waals surface area contributed by atoms with Gasteiger partial charge in [-0.2, -0.15) is 18.4 Å². The number of ether oxygens (including phenoxy) is 1. The first kappa shape index (κ1) is 15.1. The number of rotatable bonds is 2. The van der Waals surface area contributed by atoms with Gasteiger partial charge in [0.15, 0.2) is 6.10 Å². The van der Waals surface area contributed by atoms with E-state index in [2.05, 4.69) is 4.98 Å². The number of nitriles is 1. The largest absolute Gasteiger partial charge is 0.433 e. The van der Waals surface area contributed by atoms with E-state index in [1.165, 1.54) is 4.90 Å². The van der Waals surface area contributed by atoms with Gasteiger partial charge in [-0.25, -0.2) is 4.98 Å². The van der Waals surface area contributed by atoms with Gasteiger partial charge in [0, 0.05) is 6.54 Å². The molecule has 1 unspecified atom stereocenters. The summed E-state index contributed by atoms with van der Waals surface area (Å²) in [5, 5.41) is 8.82. The van der Waals surface area contributed by atoms with Crippen molar-refractivity contribution in [1.82, 2.24) is 4.98 Å². The summed E-state index contributed by atoms with van der Waals surface area (Å²) in [5.41, 5.74) is 3.92. The lowest BCUT2D eigenvalue weighted by molar-refractivity contribution is -0.141. The molecule has 0 aromatic carbocycles. The predicted molar refractivity (Wildman–Crippen MR) is 65.3 cm³/mol.